The van der Waals surface area contributed by atoms with E-state index in [4.69, 9.17) is 10.5 Å². The van der Waals surface area contributed by atoms with Crippen molar-refractivity contribution in [2.45, 2.75) is 25.4 Å². The van der Waals surface area contributed by atoms with E-state index in [1.54, 1.807) is 0 Å². The molecule has 1 unspecified atom stereocenters. The molecule has 1 fully saturated rings. The Morgan fingerprint density at radius 2 is 2.21 bits per heavy atom. The Morgan fingerprint density at radius 3 is 2.89 bits per heavy atom. The molecule has 1 amide bonds. The van der Waals surface area contributed by atoms with Crippen LogP contribution in [0.3, 0.4) is 0 Å². The summed E-state index contributed by atoms with van der Waals surface area (Å²) in [6.45, 7) is 1.92. The Morgan fingerprint density at radius 1 is 1.47 bits per heavy atom. The number of ether oxygens (including phenoxy) is 1. The third-order valence-electron chi connectivity index (χ3n) is 3.43. The van der Waals surface area contributed by atoms with Crippen molar-refractivity contribution in [3.63, 3.8) is 0 Å². The predicted octanol–water partition coefficient (Wildman–Crippen LogP) is 1.82. The number of hydrogen-bond acceptors (Lipinski definition) is 3. The average molecular weight is 327 g/mol. The molecule has 0 aromatic heterocycles. The second-order valence-electron chi connectivity index (χ2n) is 4.82. The van der Waals surface area contributed by atoms with Crippen molar-refractivity contribution in [1.29, 1.82) is 0 Å². The molecule has 1 saturated heterocycles. The van der Waals surface area contributed by atoms with Gasteiger partial charge in [-0.3, -0.25) is 4.79 Å². The van der Waals surface area contributed by atoms with Gasteiger partial charge in [-0.1, -0.05) is 28.1 Å². The Hall–Kier alpha value is -0.910. The summed E-state index contributed by atoms with van der Waals surface area (Å²) in [6.07, 6.45) is 1.73. The molecular weight excluding hydrogens is 308 g/mol. The summed E-state index contributed by atoms with van der Waals surface area (Å²) in [6, 6.07) is 7.44. The fourth-order valence-corrected chi connectivity index (χ4v) is 2.69. The van der Waals surface area contributed by atoms with Gasteiger partial charge in [-0.05, 0) is 36.5 Å². The fourth-order valence-electron chi connectivity index (χ4n) is 2.24. The largest absolute Gasteiger partial charge is 0.381 e. The van der Waals surface area contributed by atoms with E-state index < -0.39 is 6.04 Å². The van der Waals surface area contributed by atoms with Crippen LogP contribution in [0.1, 0.15) is 18.4 Å². The van der Waals surface area contributed by atoms with Crippen LogP contribution in [0.15, 0.2) is 28.7 Å². The van der Waals surface area contributed by atoms with E-state index in [1.165, 1.54) is 0 Å². The minimum Gasteiger partial charge on any atom is -0.381 e. The Bertz CT molecular complexity index is 433. The number of benzene rings is 1. The molecule has 1 aromatic rings. The summed E-state index contributed by atoms with van der Waals surface area (Å²) in [7, 11) is 0. The zero-order valence-corrected chi connectivity index (χ0v) is 12.4. The normalized spacial score (nSPS) is 18.0. The molecule has 0 saturated carbocycles. The monoisotopic (exact) mass is 326 g/mol. The van der Waals surface area contributed by atoms with Crippen LogP contribution in [0.25, 0.3) is 0 Å². The van der Waals surface area contributed by atoms with Crippen LogP contribution < -0.4 is 11.1 Å². The third-order valence-corrected chi connectivity index (χ3v) is 3.93. The quantitative estimate of drug-likeness (QED) is 0.887. The van der Waals surface area contributed by atoms with Gasteiger partial charge in [-0.15, -0.1) is 0 Å². The topological polar surface area (TPSA) is 64.4 Å². The van der Waals surface area contributed by atoms with Gasteiger partial charge in [0.05, 0.1) is 6.04 Å². The first-order valence-corrected chi connectivity index (χ1v) is 7.31. The molecule has 19 heavy (non-hydrogen) atoms. The molecule has 1 atom stereocenters. The number of halogens is 1. The first-order chi connectivity index (χ1) is 9.16. The maximum atomic E-state index is 12.0. The molecule has 2 rings (SSSR count). The van der Waals surface area contributed by atoms with Crippen molar-refractivity contribution in [2.75, 3.05) is 13.2 Å². The second kappa shape index (κ2) is 7.03. The maximum Gasteiger partial charge on any atom is 0.237 e. The molecule has 4 nitrogen and oxygen atoms in total. The van der Waals surface area contributed by atoms with Crippen LogP contribution in [-0.2, 0) is 16.1 Å². The molecule has 1 aliphatic heterocycles. The number of rotatable bonds is 4. The van der Waals surface area contributed by atoms with Gasteiger partial charge >= 0.3 is 0 Å². The summed E-state index contributed by atoms with van der Waals surface area (Å²) in [5.41, 5.74) is 7.07. The van der Waals surface area contributed by atoms with E-state index in [2.05, 4.69) is 21.2 Å². The molecule has 104 valence electrons. The molecule has 0 radical (unpaired) electrons. The number of carbonyl (C=O) groups is 1. The van der Waals surface area contributed by atoms with E-state index in [9.17, 15) is 4.79 Å². The molecule has 0 spiro atoms. The number of nitrogens with two attached hydrogens (primary N) is 1. The molecule has 0 bridgehead atoms. The lowest BCUT2D eigenvalue weighted by Crippen LogP contribution is -2.46. The van der Waals surface area contributed by atoms with Gasteiger partial charge in [0, 0.05) is 24.2 Å². The predicted molar refractivity (Wildman–Crippen MR) is 77.5 cm³/mol. The Kier molecular flexibility index (Phi) is 5.36. The summed E-state index contributed by atoms with van der Waals surface area (Å²) in [5.74, 6) is 0.156. The van der Waals surface area contributed by atoms with Crippen LogP contribution in [0.4, 0.5) is 0 Å². The lowest BCUT2D eigenvalue weighted by atomic mass is 9.92. The van der Waals surface area contributed by atoms with Gasteiger partial charge in [0.2, 0.25) is 5.91 Å². The number of nitrogens with one attached hydrogen (secondary N) is 1. The van der Waals surface area contributed by atoms with Crippen LogP contribution in [-0.4, -0.2) is 25.2 Å². The highest BCUT2D eigenvalue weighted by Crippen LogP contribution is 2.18. The third kappa shape index (κ3) is 4.30. The highest BCUT2D eigenvalue weighted by molar-refractivity contribution is 9.10. The standard InChI is InChI=1S/C14H19BrN2O2/c15-12-3-1-2-10(8-12)9-17-14(18)13(16)11-4-6-19-7-5-11/h1-3,8,11,13H,4-7,9,16H2,(H,17,18). The molecule has 0 aliphatic carbocycles. The lowest BCUT2D eigenvalue weighted by Gasteiger charge is -2.26. The van der Waals surface area contributed by atoms with E-state index in [0.717, 1.165) is 22.9 Å². The number of hydrogen-bond donors (Lipinski definition) is 2. The summed E-state index contributed by atoms with van der Waals surface area (Å²) in [5, 5.41) is 2.90. The highest BCUT2D eigenvalue weighted by Gasteiger charge is 2.26. The second-order valence-corrected chi connectivity index (χ2v) is 5.74. The van der Waals surface area contributed by atoms with Crippen molar-refractivity contribution in [1.82, 2.24) is 5.32 Å². The van der Waals surface area contributed by atoms with Crippen molar-refractivity contribution in [2.24, 2.45) is 11.7 Å². The van der Waals surface area contributed by atoms with Crippen LogP contribution in [0.2, 0.25) is 0 Å². The van der Waals surface area contributed by atoms with E-state index in [0.29, 0.717) is 19.8 Å². The van der Waals surface area contributed by atoms with Crippen LogP contribution in [0, 0.1) is 5.92 Å². The molecule has 3 N–H and O–H groups in total. The Balaban J connectivity index is 1.83. The minimum absolute atomic E-state index is 0.0770. The molecule has 1 aliphatic rings. The summed E-state index contributed by atoms with van der Waals surface area (Å²) in [4.78, 5) is 12.0. The Labute approximate surface area is 121 Å². The van der Waals surface area contributed by atoms with Gasteiger partial charge < -0.3 is 15.8 Å². The van der Waals surface area contributed by atoms with Crippen molar-refractivity contribution >= 4 is 21.8 Å². The smallest absolute Gasteiger partial charge is 0.237 e. The van der Waals surface area contributed by atoms with Crippen molar-refractivity contribution < 1.29 is 9.53 Å². The van der Waals surface area contributed by atoms with E-state index in [-0.39, 0.29) is 11.8 Å². The number of carbonyl (C=O) groups excluding carboxylic acids is 1. The first-order valence-electron chi connectivity index (χ1n) is 6.52. The van der Waals surface area contributed by atoms with Crippen LogP contribution >= 0.6 is 15.9 Å². The summed E-state index contributed by atoms with van der Waals surface area (Å²) < 4.78 is 6.29. The zero-order valence-electron chi connectivity index (χ0n) is 10.8. The van der Waals surface area contributed by atoms with Crippen molar-refractivity contribution in [3.05, 3.63) is 34.3 Å². The first kappa shape index (κ1) is 14.5. The molecular formula is C14H19BrN2O2. The van der Waals surface area contributed by atoms with E-state index in [1.807, 2.05) is 24.3 Å². The molecule has 1 aromatic carbocycles. The average Bonchev–Trinajstić information content (AvgIpc) is 2.45. The fraction of sp³-hybridized carbons (Fsp3) is 0.500. The van der Waals surface area contributed by atoms with Gasteiger partial charge in [0.15, 0.2) is 0 Å². The van der Waals surface area contributed by atoms with E-state index >= 15 is 0 Å². The number of amides is 1. The van der Waals surface area contributed by atoms with Gasteiger partial charge in [0.1, 0.15) is 0 Å². The highest BCUT2D eigenvalue weighted by atomic mass is 79.9. The SMILES string of the molecule is NC(C(=O)NCc1cccc(Br)c1)C1CCOCC1. The lowest BCUT2D eigenvalue weighted by molar-refractivity contribution is -0.124. The molecule has 1 heterocycles. The maximum absolute atomic E-state index is 12.0. The molecule has 5 heteroatoms. The van der Waals surface area contributed by atoms with Gasteiger partial charge in [-0.25, -0.2) is 0 Å². The zero-order chi connectivity index (χ0) is 13.7. The van der Waals surface area contributed by atoms with Gasteiger partial charge in [0.25, 0.3) is 0 Å². The van der Waals surface area contributed by atoms with Crippen molar-refractivity contribution in [3.8, 4) is 0 Å². The van der Waals surface area contributed by atoms with Crippen LogP contribution in [0.5, 0.6) is 0 Å². The summed E-state index contributed by atoms with van der Waals surface area (Å²) >= 11 is 3.41. The minimum atomic E-state index is -0.434. The van der Waals surface area contributed by atoms with Gasteiger partial charge in [-0.2, -0.15) is 0 Å².